The molecule has 0 unspecified atom stereocenters. The number of halogens is 3. The standard InChI is InChI=1S/C23H15F3N2O3/c1-31-22(30)18-10-16(13-27-14-18)9-8-15-4-2-7-20(11-15)28-21(29)17-5-3-6-19(12-17)23(24,25)26/h2-7,10-14H,1H3,(H,28,29). The van der Waals surface area contributed by atoms with Crippen molar-refractivity contribution in [2.24, 2.45) is 0 Å². The third-order valence-electron chi connectivity index (χ3n) is 4.08. The minimum Gasteiger partial charge on any atom is -0.465 e. The predicted molar refractivity (Wildman–Crippen MR) is 107 cm³/mol. The van der Waals surface area contributed by atoms with Gasteiger partial charge in [0.05, 0.1) is 18.2 Å². The van der Waals surface area contributed by atoms with Crippen molar-refractivity contribution >= 4 is 17.6 Å². The molecule has 0 fully saturated rings. The van der Waals surface area contributed by atoms with E-state index in [2.05, 4.69) is 26.9 Å². The summed E-state index contributed by atoms with van der Waals surface area (Å²) in [4.78, 5) is 27.9. The highest BCUT2D eigenvalue weighted by molar-refractivity contribution is 6.04. The first-order valence-corrected chi connectivity index (χ1v) is 8.90. The molecule has 3 rings (SSSR count). The molecule has 1 heterocycles. The van der Waals surface area contributed by atoms with Crippen LogP contribution in [0.15, 0.2) is 67.0 Å². The molecule has 1 N–H and O–H groups in total. The van der Waals surface area contributed by atoms with E-state index in [1.165, 1.54) is 37.7 Å². The van der Waals surface area contributed by atoms with Crippen molar-refractivity contribution < 1.29 is 27.5 Å². The number of anilines is 1. The molecule has 3 aromatic rings. The maximum absolute atomic E-state index is 12.8. The Kier molecular flexibility index (Phi) is 6.36. The van der Waals surface area contributed by atoms with Gasteiger partial charge in [-0.1, -0.05) is 24.0 Å². The van der Waals surface area contributed by atoms with Gasteiger partial charge in [0.1, 0.15) is 0 Å². The number of hydrogen-bond donors (Lipinski definition) is 1. The summed E-state index contributed by atoms with van der Waals surface area (Å²) in [5.41, 5.74) is 0.651. The maximum Gasteiger partial charge on any atom is 0.416 e. The molecule has 0 saturated heterocycles. The Morgan fingerprint density at radius 1 is 0.935 bits per heavy atom. The van der Waals surface area contributed by atoms with Gasteiger partial charge in [0.25, 0.3) is 5.91 Å². The van der Waals surface area contributed by atoms with Crippen molar-refractivity contribution in [2.75, 3.05) is 12.4 Å². The first-order chi connectivity index (χ1) is 14.8. The number of nitrogens with one attached hydrogen (secondary N) is 1. The number of nitrogens with zero attached hydrogens (tertiary/aromatic N) is 1. The third-order valence-corrected chi connectivity index (χ3v) is 4.08. The van der Waals surface area contributed by atoms with Gasteiger partial charge in [0, 0.05) is 34.8 Å². The van der Waals surface area contributed by atoms with E-state index in [0.29, 0.717) is 16.8 Å². The second kappa shape index (κ2) is 9.13. The molecule has 0 saturated carbocycles. The minimum absolute atomic E-state index is 0.114. The van der Waals surface area contributed by atoms with Crippen LogP contribution in [-0.2, 0) is 10.9 Å². The summed E-state index contributed by atoms with van der Waals surface area (Å²) >= 11 is 0. The lowest BCUT2D eigenvalue weighted by molar-refractivity contribution is -0.137. The SMILES string of the molecule is COC(=O)c1cncc(C#Cc2cccc(NC(=O)c3cccc(C(F)(F)F)c3)c2)c1. The fourth-order valence-electron chi connectivity index (χ4n) is 2.60. The van der Waals surface area contributed by atoms with Crippen LogP contribution in [-0.4, -0.2) is 24.0 Å². The van der Waals surface area contributed by atoms with Crippen LogP contribution in [0.25, 0.3) is 0 Å². The number of carbonyl (C=O) groups excluding carboxylic acids is 2. The van der Waals surface area contributed by atoms with Crippen molar-refractivity contribution in [3.05, 3.63) is 94.8 Å². The number of aromatic nitrogens is 1. The molecule has 0 spiro atoms. The Bertz CT molecular complexity index is 1190. The summed E-state index contributed by atoms with van der Waals surface area (Å²) in [5, 5.41) is 2.56. The fourth-order valence-corrected chi connectivity index (χ4v) is 2.60. The van der Waals surface area contributed by atoms with Gasteiger partial charge in [-0.25, -0.2) is 4.79 Å². The van der Waals surface area contributed by atoms with Crippen LogP contribution in [0.2, 0.25) is 0 Å². The zero-order valence-electron chi connectivity index (χ0n) is 16.2. The molecule has 0 aliphatic heterocycles. The smallest absolute Gasteiger partial charge is 0.416 e. The van der Waals surface area contributed by atoms with E-state index in [1.807, 2.05) is 0 Å². The Hall–Kier alpha value is -4.12. The number of rotatable bonds is 3. The summed E-state index contributed by atoms with van der Waals surface area (Å²) in [6, 6.07) is 12.2. The van der Waals surface area contributed by atoms with E-state index < -0.39 is 23.6 Å². The van der Waals surface area contributed by atoms with Crippen molar-refractivity contribution in [3.8, 4) is 11.8 Å². The molecule has 0 aliphatic rings. The first-order valence-electron chi connectivity index (χ1n) is 8.90. The molecule has 8 heteroatoms. The normalized spacial score (nSPS) is 10.6. The van der Waals surface area contributed by atoms with Crippen molar-refractivity contribution in [3.63, 3.8) is 0 Å². The summed E-state index contributed by atoms with van der Waals surface area (Å²) in [5.74, 6) is 4.54. The van der Waals surface area contributed by atoms with Crippen molar-refractivity contribution in [1.29, 1.82) is 0 Å². The Morgan fingerprint density at radius 2 is 1.68 bits per heavy atom. The monoisotopic (exact) mass is 424 g/mol. The second-order valence-electron chi connectivity index (χ2n) is 6.32. The number of methoxy groups -OCH3 is 1. The van der Waals surface area contributed by atoms with Crippen LogP contribution >= 0.6 is 0 Å². The summed E-state index contributed by atoms with van der Waals surface area (Å²) in [7, 11) is 1.26. The number of esters is 1. The van der Waals surface area contributed by atoms with Gasteiger partial charge in [-0.2, -0.15) is 13.2 Å². The number of benzene rings is 2. The quantitative estimate of drug-likeness (QED) is 0.495. The van der Waals surface area contributed by atoms with Crippen LogP contribution in [0.3, 0.4) is 0 Å². The van der Waals surface area contributed by atoms with E-state index in [1.54, 1.807) is 24.3 Å². The lowest BCUT2D eigenvalue weighted by Crippen LogP contribution is -2.14. The van der Waals surface area contributed by atoms with Gasteiger partial charge in [-0.15, -0.1) is 0 Å². The Labute approximate surface area is 175 Å². The third kappa shape index (κ3) is 5.70. The number of ether oxygens (including phenoxy) is 1. The van der Waals surface area contributed by atoms with Gasteiger partial charge in [0.15, 0.2) is 0 Å². The van der Waals surface area contributed by atoms with Crippen molar-refractivity contribution in [2.45, 2.75) is 6.18 Å². The van der Waals surface area contributed by atoms with Gasteiger partial charge in [0.2, 0.25) is 0 Å². The average molecular weight is 424 g/mol. The fraction of sp³-hybridized carbons (Fsp3) is 0.0870. The summed E-state index contributed by atoms with van der Waals surface area (Å²) < 4.78 is 43.2. The maximum atomic E-state index is 12.8. The lowest BCUT2D eigenvalue weighted by Gasteiger charge is -2.09. The molecule has 2 aromatic carbocycles. The van der Waals surface area contributed by atoms with Crippen molar-refractivity contribution in [1.82, 2.24) is 4.98 Å². The van der Waals surface area contributed by atoms with Crippen LogP contribution in [0.1, 0.15) is 37.4 Å². The number of pyridine rings is 1. The summed E-state index contributed by atoms with van der Waals surface area (Å²) in [6.45, 7) is 0. The number of carbonyl (C=O) groups is 2. The molecule has 1 aromatic heterocycles. The molecule has 5 nitrogen and oxygen atoms in total. The number of alkyl halides is 3. The van der Waals surface area contributed by atoms with Crippen LogP contribution in [0, 0.1) is 11.8 Å². The molecule has 1 amide bonds. The predicted octanol–water partition coefficient (Wildman–Crippen LogP) is 4.54. The topological polar surface area (TPSA) is 68.3 Å². The zero-order valence-corrected chi connectivity index (χ0v) is 16.2. The van der Waals surface area contributed by atoms with Gasteiger partial charge < -0.3 is 10.1 Å². The highest BCUT2D eigenvalue weighted by atomic mass is 19.4. The van der Waals surface area contributed by atoms with Gasteiger partial charge in [-0.3, -0.25) is 9.78 Å². The van der Waals surface area contributed by atoms with Crippen LogP contribution < -0.4 is 5.32 Å². The van der Waals surface area contributed by atoms with Crippen LogP contribution in [0.5, 0.6) is 0 Å². The highest BCUT2D eigenvalue weighted by Crippen LogP contribution is 2.29. The molecule has 156 valence electrons. The Balaban J connectivity index is 1.77. The van der Waals surface area contributed by atoms with E-state index in [4.69, 9.17) is 0 Å². The molecule has 0 aliphatic carbocycles. The van der Waals surface area contributed by atoms with E-state index in [-0.39, 0.29) is 11.1 Å². The summed E-state index contributed by atoms with van der Waals surface area (Å²) in [6.07, 6.45) is -1.69. The van der Waals surface area contributed by atoms with Gasteiger partial charge >= 0.3 is 12.1 Å². The molecule has 0 atom stereocenters. The minimum atomic E-state index is -4.54. The van der Waals surface area contributed by atoms with Crippen LogP contribution in [0.4, 0.5) is 18.9 Å². The molecule has 0 bridgehead atoms. The van der Waals surface area contributed by atoms with Gasteiger partial charge in [-0.05, 0) is 42.5 Å². The zero-order chi connectivity index (χ0) is 22.4. The first kappa shape index (κ1) is 21.6. The highest BCUT2D eigenvalue weighted by Gasteiger charge is 2.30. The average Bonchev–Trinajstić information content (AvgIpc) is 2.77. The Morgan fingerprint density at radius 3 is 2.42 bits per heavy atom. The lowest BCUT2D eigenvalue weighted by atomic mass is 10.1. The van der Waals surface area contributed by atoms with E-state index >= 15 is 0 Å². The molecular weight excluding hydrogens is 409 g/mol. The largest absolute Gasteiger partial charge is 0.465 e. The number of hydrogen-bond acceptors (Lipinski definition) is 4. The number of amides is 1. The van der Waals surface area contributed by atoms with E-state index in [0.717, 1.165) is 12.1 Å². The molecule has 0 radical (unpaired) electrons. The van der Waals surface area contributed by atoms with E-state index in [9.17, 15) is 22.8 Å². The molecular formula is C23H15F3N2O3. The molecule has 31 heavy (non-hydrogen) atoms. The second-order valence-corrected chi connectivity index (χ2v) is 6.32.